The van der Waals surface area contributed by atoms with E-state index >= 15 is 0 Å². The average Bonchev–Trinajstić information content (AvgIpc) is 3.42. The molecule has 0 N–H and O–H groups in total. The van der Waals surface area contributed by atoms with Crippen molar-refractivity contribution in [1.29, 1.82) is 0 Å². The van der Waals surface area contributed by atoms with Crippen LogP contribution in [0.15, 0.2) is 40.2 Å². The number of thiol groups is 1. The van der Waals surface area contributed by atoms with Gasteiger partial charge in [-0.2, -0.15) is 17.6 Å². The molecule has 1 atom stereocenters. The fourth-order valence-corrected chi connectivity index (χ4v) is 3.67. The Bertz CT molecular complexity index is 1080. The Balaban J connectivity index is 1.69. The van der Waals surface area contributed by atoms with Crippen LogP contribution in [-0.4, -0.2) is 24.9 Å². The van der Waals surface area contributed by atoms with Crippen LogP contribution in [0, 0.1) is 11.6 Å². The lowest BCUT2D eigenvalue weighted by Crippen LogP contribution is -2.07. The zero-order chi connectivity index (χ0) is 19.0. The molecular formula is C17H13F2N5OS2. The van der Waals surface area contributed by atoms with E-state index in [0.717, 1.165) is 28.9 Å². The first kappa shape index (κ1) is 17.8. The second-order valence-electron chi connectivity index (χ2n) is 5.59. The monoisotopic (exact) mass is 405 g/mol. The first-order valence-electron chi connectivity index (χ1n) is 8.02. The van der Waals surface area contributed by atoms with E-state index in [1.54, 1.807) is 11.3 Å². The van der Waals surface area contributed by atoms with Crippen molar-refractivity contribution in [1.82, 2.24) is 24.9 Å². The molecule has 0 spiro atoms. The molecule has 0 aliphatic rings. The second kappa shape index (κ2) is 7.20. The summed E-state index contributed by atoms with van der Waals surface area (Å²) in [6, 6.07) is 6.94. The Kier molecular flexibility index (Phi) is 4.75. The molecule has 3 aromatic heterocycles. The minimum Gasteiger partial charge on any atom is -0.337 e. The van der Waals surface area contributed by atoms with Crippen molar-refractivity contribution in [3.8, 4) is 22.1 Å². The van der Waals surface area contributed by atoms with Gasteiger partial charge in [-0.1, -0.05) is 11.2 Å². The minimum atomic E-state index is -0.663. The molecule has 1 unspecified atom stereocenters. The molecule has 6 nitrogen and oxygen atoms in total. The zero-order valence-electron chi connectivity index (χ0n) is 14.0. The van der Waals surface area contributed by atoms with Gasteiger partial charge in [0.1, 0.15) is 16.9 Å². The van der Waals surface area contributed by atoms with Gasteiger partial charge in [-0.3, -0.25) is 0 Å². The van der Waals surface area contributed by atoms with Gasteiger partial charge < -0.3 is 9.09 Å². The van der Waals surface area contributed by atoms with E-state index in [-0.39, 0.29) is 17.3 Å². The highest BCUT2D eigenvalue weighted by atomic mass is 32.1. The predicted molar refractivity (Wildman–Crippen MR) is 99.5 cm³/mol. The van der Waals surface area contributed by atoms with Gasteiger partial charge >= 0.3 is 0 Å². The van der Waals surface area contributed by atoms with E-state index in [1.807, 2.05) is 29.0 Å². The van der Waals surface area contributed by atoms with E-state index < -0.39 is 16.9 Å². The van der Waals surface area contributed by atoms with Crippen molar-refractivity contribution < 1.29 is 13.3 Å². The third-order valence-electron chi connectivity index (χ3n) is 3.93. The molecule has 0 bridgehead atoms. The van der Waals surface area contributed by atoms with Gasteiger partial charge in [0.05, 0.1) is 10.4 Å². The number of benzene rings is 1. The SMILES string of the molecule is CCn1c(-c2cccs2)nnc1C(S)c1nc(-c2cc(F)ccc2F)no1. The van der Waals surface area contributed by atoms with Gasteiger partial charge in [-0.05, 0) is 36.6 Å². The van der Waals surface area contributed by atoms with Crippen LogP contribution in [0.1, 0.15) is 23.9 Å². The van der Waals surface area contributed by atoms with Crippen LogP contribution in [-0.2, 0) is 6.54 Å². The topological polar surface area (TPSA) is 69.6 Å². The number of nitrogens with zero attached hydrogens (tertiary/aromatic N) is 5. The molecular weight excluding hydrogens is 392 g/mol. The predicted octanol–water partition coefficient (Wildman–Crippen LogP) is 4.37. The first-order chi connectivity index (χ1) is 13.1. The molecule has 0 radical (unpaired) electrons. The molecule has 1 aromatic carbocycles. The Morgan fingerprint density at radius 1 is 1.26 bits per heavy atom. The highest BCUT2D eigenvalue weighted by Crippen LogP contribution is 2.32. The number of hydrogen-bond donors (Lipinski definition) is 1. The largest absolute Gasteiger partial charge is 0.337 e. The number of rotatable bonds is 5. The Morgan fingerprint density at radius 3 is 2.85 bits per heavy atom. The summed E-state index contributed by atoms with van der Waals surface area (Å²) >= 11 is 6.09. The van der Waals surface area contributed by atoms with E-state index in [1.165, 1.54) is 0 Å². The third-order valence-corrected chi connectivity index (χ3v) is 5.24. The molecule has 0 amide bonds. The van der Waals surface area contributed by atoms with Crippen molar-refractivity contribution in [3.05, 3.63) is 59.1 Å². The molecule has 4 aromatic rings. The standard InChI is InChI=1S/C17H13F2N5OS2/c1-2-24-15(12-4-3-7-27-12)21-22-16(24)13(26)17-20-14(23-25-17)10-8-9(18)5-6-11(10)19/h3-8,13,26H,2H2,1H3. The van der Waals surface area contributed by atoms with Crippen LogP contribution in [0.2, 0.25) is 0 Å². The maximum Gasteiger partial charge on any atom is 0.247 e. The minimum absolute atomic E-state index is 0.0536. The number of hydrogen-bond acceptors (Lipinski definition) is 7. The molecule has 0 fully saturated rings. The van der Waals surface area contributed by atoms with Gasteiger partial charge in [0.25, 0.3) is 0 Å². The molecule has 0 saturated carbocycles. The molecule has 138 valence electrons. The summed E-state index contributed by atoms with van der Waals surface area (Å²) in [6.45, 7) is 2.58. The van der Waals surface area contributed by atoms with Gasteiger partial charge in [-0.25, -0.2) is 8.78 Å². The molecule has 0 saturated heterocycles. The van der Waals surface area contributed by atoms with Gasteiger partial charge in [0.15, 0.2) is 11.6 Å². The van der Waals surface area contributed by atoms with Crippen LogP contribution in [0.3, 0.4) is 0 Å². The Labute approximate surface area is 162 Å². The van der Waals surface area contributed by atoms with E-state index in [4.69, 9.17) is 4.52 Å². The first-order valence-corrected chi connectivity index (χ1v) is 9.42. The van der Waals surface area contributed by atoms with Crippen LogP contribution in [0.5, 0.6) is 0 Å². The van der Waals surface area contributed by atoms with Crippen molar-refractivity contribution in [3.63, 3.8) is 0 Å². The van der Waals surface area contributed by atoms with E-state index in [9.17, 15) is 8.78 Å². The molecule has 0 aliphatic heterocycles. The van der Waals surface area contributed by atoms with Gasteiger partial charge in [0, 0.05) is 6.54 Å². The zero-order valence-corrected chi connectivity index (χ0v) is 15.7. The summed E-state index contributed by atoms with van der Waals surface area (Å²) in [5.74, 6) is 0.0817. The van der Waals surface area contributed by atoms with Crippen LogP contribution < -0.4 is 0 Å². The maximum absolute atomic E-state index is 13.9. The number of thiophene rings is 1. The maximum atomic E-state index is 13.9. The summed E-state index contributed by atoms with van der Waals surface area (Å²) < 4.78 is 34.5. The summed E-state index contributed by atoms with van der Waals surface area (Å²) in [7, 11) is 0. The van der Waals surface area contributed by atoms with Crippen LogP contribution in [0.25, 0.3) is 22.1 Å². The van der Waals surface area contributed by atoms with Crippen molar-refractivity contribution in [2.24, 2.45) is 0 Å². The summed E-state index contributed by atoms with van der Waals surface area (Å²) in [4.78, 5) is 5.14. The second-order valence-corrected chi connectivity index (χ2v) is 7.05. The highest BCUT2D eigenvalue weighted by Gasteiger charge is 2.26. The lowest BCUT2D eigenvalue weighted by atomic mass is 10.2. The fourth-order valence-electron chi connectivity index (χ4n) is 2.65. The van der Waals surface area contributed by atoms with Crippen molar-refractivity contribution >= 4 is 24.0 Å². The van der Waals surface area contributed by atoms with Crippen LogP contribution in [0.4, 0.5) is 8.78 Å². The van der Waals surface area contributed by atoms with Crippen molar-refractivity contribution in [2.45, 2.75) is 18.7 Å². The Morgan fingerprint density at radius 2 is 2.11 bits per heavy atom. The number of aromatic nitrogens is 5. The molecule has 4 rings (SSSR count). The Hall–Kier alpha value is -2.59. The highest BCUT2D eigenvalue weighted by molar-refractivity contribution is 7.80. The molecule has 27 heavy (non-hydrogen) atoms. The third kappa shape index (κ3) is 3.26. The summed E-state index contributed by atoms with van der Waals surface area (Å²) in [6.07, 6.45) is 0. The fraction of sp³-hybridized carbons (Fsp3) is 0.176. The van der Waals surface area contributed by atoms with Crippen LogP contribution >= 0.6 is 24.0 Å². The number of halogens is 2. The van der Waals surface area contributed by atoms with E-state index in [2.05, 4.69) is 33.0 Å². The normalized spacial score (nSPS) is 12.4. The summed E-state index contributed by atoms with van der Waals surface area (Å²) in [5, 5.41) is 13.5. The lowest BCUT2D eigenvalue weighted by molar-refractivity contribution is 0.380. The molecule has 3 heterocycles. The lowest BCUT2D eigenvalue weighted by Gasteiger charge is -2.09. The smallest absolute Gasteiger partial charge is 0.247 e. The van der Waals surface area contributed by atoms with Crippen molar-refractivity contribution in [2.75, 3.05) is 0 Å². The van der Waals surface area contributed by atoms with E-state index in [0.29, 0.717) is 12.4 Å². The van der Waals surface area contributed by atoms with Gasteiger partial charge in [0.2, 0.25) is 11.7 Å². The quantitative estimate of drug-likeness (QED) is 0.499. The molecule has 0 aliphatic carbocycles. The average molecular weight is 405 g/mol. The molecule has 10 heteroatoms. The summed E-state index contributed by atoms with van der Waals surface area (Å²) in [5.41, 5.74) is -0.0817. The van der Waals surface area contributed by atoms with Gasteiger partial charge in [-0.15, -0.1) is 21.5 Å².